The number of fused-ring (bicyclic) bond motifs is 10. The highest BCUT2D eigenvalue weighted by Crippen LogP contribution is 2.57. The van der Waals surface area contributed by atoms with E-state index in [2.05, 4.69) is 508 Å². The van der Waals surface area contributed by atoms with Gasteiger partial charge in [0.15, 0.2) is 0 Å². The van der Waals surface area contributed by atoms with Crippen LogP contribution in [0.4, 0.5) is 34.1 Å². The summed E-state index contributed by atoms with van der Waals surface area (Å²) in [6.07, 6.45) is 0. The molecule has 0 saturated heterocycles. The molecule has 22 rings (SSSR count). The Bertz CT molecular complexity index is 7270. The molecular formula is C124H103BN4. The van der Waals surface area contributed by atoms with Gasteiger partial charge in [0.1, 0.15) is 0 Å². The maximum Gasteiger partial charge on any atom is 0.252 e. The first-order chi connectivity index (χ1) is 62.5. The van der Waals surface area contributed by atoms with E-state index in [1.165, 1.54) is 82.4 Å². The van der Waals surface area contributed by atoms with Crippen molar-refractivity contribution in [3.8, 4) is 112 Å². The van der Waals surface area contributed by atoms with Crippen LogP contribution in [0.25, 0.3) is 155 Å². The second kappa shape index (κ2) is 31.1. The van der Waals surface area contributed by atoms with Gasteiger partial charge >= 0.3 is 0 Å². The largest absolute Gasteiger partial charge is 0.310 e. The number of rotatable bonds is 13. The summed E-state index contributed by atoms with van der Waals surface area (Å²) < 4.78 is 5.05. The zero-order chi connectivity index (χ0) is 87.9. The van der Waals surface area contributed by atoms with Gasteiger partial charge in [-0.25, -0.2) is 0 Å². The van der Waals surface area contributed by atoms with Crippen molar-refractivity contribution in [2.24, 2.45) is 0 Å². The number of hydrogen-bond donors (Lipinski definition) is 0. The van der Waals surface area contributed by atoms with Crippen molar-refractivity contribution < 1.29 is 0 Å². The minimum absolute atomic E-state index is 0.219. The Balaban J connectivity index is 0.928. The third kappa shape index (κ3) is 14.1. The predicted molar refractivity (Wildman–Crippen MR) is 553 cm³/mol. The highest BCUT2D eigenvalue weighted by Gasteiger charge is 2.47. The highest BCUT2D eigenvalue weighted by molar-refractivity contribution is 7.00. The minimum Gasteiger partial charge on any atom is -0.310 e. The first kappa shape index (κ1) is 80.1. The smallest absolute Gasteiger partial charge is 0.252 e. The van der Waals surface area contributed by atoms with E-state index in [9.17, 15) is 0 Å². The summed E-state index contributed by atoms with van der Waals surface area (Å²) in [5.74, 6) is 0. The third-order valence-electron chi connectivity index (χ3n) is 27.2. The van der Waals surface area contributed by atoms with Gasteiger partial charge in [-0.1, -0.05) is 380 Å². The fourth-order valence-electron chi connectivity index (χ4n) is 20.4. The Morgan fingerprint density at radius 2 is 0.442 bits per heavy atom. The molecule has 4 nitrogen and oxygen atoms in total. The van der Waals surface area contributed by atoms with Crippen molar-refractivity contribution in [2.75, 3.05) is 9.80 Å². The van der Waals surface area contributed by atoms with Crippen LogP contribution in [0.15, 0.2) is 406 Å². The van der Waals surface area contributed by atoms with E-state index < -0.39 is 0 Å². The van der Waals surface area contributed by atoms with Gasteiger partial charge in [0, 0.05) is 77.9 Å². The second-order valence-electron chi connectivity index (χ2n) is 39.7. The van der Waals surface area contributed by atoms with Gasteiger partial charge in [0.2, 0.25) is 0 Å². The van der Waals surface area contributed by atoms with Crippen LogP contribution in [-0.2, 0) is 21.7 Å². The average molecular weight is 1660 g/mol. The number of para-hydroxylation sites is 4. The Morgan fingerprint density at radius 3 is 0.767 bits per heavy atom. The molecule has 0 fully saturated rings. The number of aromatic nitrogens is 2. The lowest BCUT2D eigenvalue weighted by Crippen LogP contribution is -2.61. The second-order valence-corrected chi connectivity index (χ2v) is 39.7. The molecule has 0 unspecified atom stereocenters. The fourth-order valence-corrected chi connectivity index (χ4v) is 20.4. The van der Waals surface area contributed by atoms with Crippen LogP contribution < -0.4 is 26.2 Å². The molecule has 0 N–H and O–H groups in total. The predicted octanol–water partition coefficient (Wildman–Crippen LogP) is 32.2. The van der Waals surface area contributed by atoms with Crippen LogP contribution in [0.5, 0.6) is 0 Å². The molecule has 18 aromatic carbocycles. The zero-order valence-electron chi connectivity index (χ0n) is 75.5. The van der Waals surface area contributed by atoms with Gasteiger partial charge in [0.25, 0.3) is 6.71 Å². The van der Waals surface area contributed by atoms with E-state index in [-0.39, 0.29) is 28.4 Å². The van der Waals surface area contributed by atoms with E-state index in [1.54, 1.807) is 0 Å². The Kier molecular flexibility index (Phi) is 19.3. The molecule has 0 bridgehead atoms. The molecule has 0 saturated carbocycles. The summed E-state index contributed by atoms with van der Waals surface area (Å²) in [4.78, 5) is 5.56. The molecule has 2 aliphatic rings. The van der Waals surface area contributed by atoms with E-state index >= 15 is 0 Å². The summed E-state index contributed by atoms with van der Waals surface area (Å²) in [5.41, 5.74) is 41.5. The van der Waals surface area contributed by atoms with Gasteiger partial charge in [-0.05, 0) is 247 Å². The molecule has 20 aromatic rings. The first-order valence-electron chi connectivity index (χ1n) is 45.7. The van der Waals surface area contributed by atoms with E-state index in [4.69, 9.17) is 0 Å². The summed E-state index contributed by atoms with van der Waals surface area (Å²) in [7, 11) is 0. The summed E-state index contributed by atoms with van der Waals surface area (Å²) in [6, 6.07) is 155. The maximum atomic E-state index is 2.78. The van der Waals surface area contributed by atoms with Gasteiger partial charge in [-0.3, -0.25) is 0 Å². The SMILES string of the molecule is CC(C)(C)c1cc(-c2cc3c4c(c2)N(c2c(-c5ccccc5)cc(C(C)(C)C)cc2-c2cccc(-c5cccc(-c6ccccc6)c5)c2)c2cc(-n5c6ccccc6c6ccccc65)ccc2B4c2ccc(-n4c5ccccc5c5ccccc54)cc2N3c2c(-c3ccccc3)cc(C(C)(C)C)cc2-c2cccc(-c3cccc(-c4ccccc4)c3)c2)cc(C(C)(C)C)c1. The fraction of sp³-hybridized carbons (Fsp3) is 0.129. The van der Waals surface area contributed by atoms with Crippen LogP contribution in [0.1, 0.15) is 105 Å². The number of nitrogens with zero attached hydrogens (tertiary/aromatic N) is 4. The van der Waals surface area contributed by atoms with E-state index in [0.717, 1.165) is 145 Å². The van der Waals surface area contributed by atoms with Gasteiger partial charge in [-0.15, -0.1) is 0 Å². The highest BCUT2D eigenvalue weighted by atomic mass is 15.2. The monoisotopic (exact) mass is 1660 g/mol. The Hall–Kier alpha value is -14.8. The summed E-state index contributed by atoms with van der Waals surface area (Å²) in [6.45, 7) is 28.2. The molecule has 622 valence electrons. The minimum atomic E-state index is -0.345. The summed E-state index contributed by atoms with van der Waals surface area (Å²) in [5, 5.41) is 4.85. The molecule has 129 heavy (non-hydrogen) atoms. The lowest BCUT2D eigenvalue weighted by atomic mass is 9.33. The van der Waals surface area contributed by atoms with Crippen molar-refractivity contribution in [2.45, 2.75) is 105 Å². The molecule has 0 atom stereocenters. The first-order valence-corrected chi connectivity index (χ1v) is 45.7. The standard InChI is InChI=1S/C124H103BN4/c1-121(2,3)94-69-92(70-95(73-94)122(4,5)6)93-71-116-118-117(72-93)129(120-105(83-43-23-16-24-44-83)75-97(124(10,11)12)77-107(120)91-52-36-50-89(68-91)87-48-34-46-85(66-87)81-39-19-14-20-40-81)115-79-99(127-112-59-31-27-55-102(112)103-56-28-32-60-113(103)127)62-64-109(115)125(118)108-63-61-98(126-110-57-29-25-53-100(110)101-54-26-30-58-111(101)126)78-114(108)128(116)119-104(82-41-21-15-22-42-82)74-96(123(7,8)9)76-106(119)90-51-35-49-88(67-90)86-47-33-45-84(65-86)80-37-17-13-18-38-80/h13-79H,1-12H3. The molecule has 0 spiro atoms. The number of benzene rings is 18. The lowest BCUT2D eigenvalue weighted by Gasteiger charge is -2.46. The van der Waals surface area contributed by atoms with E-state index in [0.29, 0.717) is 0 Å². The molecule has 0 aliphatic carbocycles. The molecule has 2 aromatic heterocycles. The van der Waals surface area contributed by atoms with Crippen molar-refractivity contribution in [3.63, 3.8) is 0 Å². The van der Waals surface area contributed by atoms with Crippen LogP contribution in [0, 0.1) is 0 Å². The molecule has 5 heteroatoms. The normalized spacial score (nSPS) is 12.8. The lowest BCUT2D eigenvalue weighted by molar-refractivity contribution is 0.569. The topological polar surface area (TPSA) is 16.3 Å². The van der Waals surface area contributed by atoms with Crippen LogP contribution in [0.3, 0.4) is 0 Å². The quantitative estimate of drug-likeness (QED) is 0.107. The van der Waals surface area contributed by atoms with Gasteiger partial charge < -0.3 is 18.9 Å². The van der Waals surface area contributed by atoms with Crippen LogP contribution >= 0.6 is 0 Å². The van der Waals surface area contributed by atoms with Gasteiger partial charge in [0.05, 0.1) is 33.4 Å². The average Bonchev–Trinajstić information content (AvgIpc) is 1.16. The molecule has 2 aliphatic heterocycles. The number of anilines is 6. The number of hydrogen-bond acceptors (Lipinski definition) is 2. The zero-order valence-corrected chi connectivity index (χ0v) is 75.5. The van der Waals surface area contributed by atoms with Crippen molar-refractivity contribution in [3.05, 3.63) is 429 Å². The Morgan fingerprint density at radius 1 is 0.186 bits per heavy atom. The summed E-state index contributed by atoms with van der Waals surface area (Å²) >= 11 is 0. The third-order valence-corrected chi connectivity index (χ3v) is 27.2. The molecule has 4 heterocycles. The molecular weight excluding hydrogens is 1560 g/mol. The van der Waals surface area contributed by atoms with Gasteiger partial charge in [-0.2, -0.15) is 0 Å². The Labute approximate surface area is 759 Å². The van der Waals surface area contributed by atoms with Crippen molar-refractivity contribution in [1.29, 1.82) is 0 Å². The molecule has 0 radical (unpaired) electrons. The van der Waals surface area contributed by atoms with Crippen molar-refractivity contribution >= 4 is 101 Å². The van der Waals surface area contributed by atoms with Crippen molar-refractivity contribution in [1.82, 2.24) is 9.13 Å². The maximum absolute atomic E-state index is 2.78. The van der Waals surface area contributed by atoms with Crippen LogP contribution in [-0.4, -0.2) is 15.8 Å². The molecule has 0 amide bonds. The van der Waals surface area contributed by atoms with E-state index in [1.807, 2.05) is 0 Å². The van der Waals surface area contributed by atoms with Crippen LogP contribution in [0.2, 0.25) is 0 Å².